The van der Waals surface area contributed by atoms with Gasteiger partial charge in [-0.15, -0.1) is 5.10 Å². The lowest BCUT2D eigenvalue weighted by molar-refractivity contribution is -0.137. The van der Waals surface area contributed by atoms with Crippen molar-refractivity contribution in [1.29, 1.82) is 0 Å². The molecule has 6 nitrogen and oxygen atoms in total. The molecule has 19 heavy (non-hydrogen) atoms. The molecule has 2 N–H and O–H groups in total. The van der Waals surface area contributed by atoms with E-state index >= 15 is 0 Å². The van der Waals surface area contributed by atoms with Crippen molar-refractivity contribution < 1.29 is 18.0 Å². The number of rotatable bonds is 2. The van der Waals surface area contributed by atoms with E-state index < -0.39 is 23.3 Å². The third kappa shape index (κ3) is 2.26. The summed E-state index contributed by atoms with van der Waals surface area (Å²) in [5, 5.41) is 6.94. The van der Waals surface area contributed by atoms with Gasteiger partial charge in [0, 0.05) is 13.2 Å². The number of pyridine rings is 1. The number of hydrogen-bond donors (Lipinski definition) is 1. The highest BCUT2D eigenvalue weighted by Crippen LogP contribution is 2.36. The number of amides is 1. The van der Waals surface area contributed by atoms with Crippen LogP contribution in [0.4, 0.5) is 13.2 Å². The number of carbonyl (C=O) groups is 1. The van der Waals surface area contributed by atoms with Gasteiger partial charge in [0.05, 0.1) is 5.56 Å². The maximum Gasteiger partial charge on any atom is 0.418 e. The molecular formula is C10H8F3N5O. The summed E-state index contributed by atoms with van der Waals surface area (Å²) in [4.78, 5) is 14.8. The van der Waals surface area contributed by atoms with Gasteiger partial charge in [-0.2, -0.15) is 13.2 Å². The summed E-state index contributed by atoms with van der Waals surface area (Å²) in [6.07, 6.45) is -3.43. The Kier molecular flexibility index (Phi) is 2.97. The summed E-state index contributed by atoms with van der Waals surface area (Å²) < 4.78 is 39.7. The second kappa shape index (κ2) is 4.34. The van der Waals surface area contributed by atoms with Crippen molar-refractivity contribution in [3.05, 3.63) is 29.6 Å². The third-order valence-electron chi connectivity index (χ3n) is 2.40. The van der Waals surface area contributed by atoms with Crippen LogP contribution in [0.5, 0.6) is 0 Å². The first-order chi connectivity index (χ1) is 8.82. The summed E-state index contributed by atoms with van der Waals surface area (Å²) in [6, 6.07) is 2.01. The number of aryl methyl sites for hydroxylation is 1. The molecule has 0 fully saturated rings. The number of nitrogens with two attached hydrogens (primary N) is 1. The van der Waals surface area contributed by atoms with E-state index in [-0.39, 0.29) is 11.4 Å². The maximum absolute atomic E-state index is 12.9. The van der Waals surface area contributed by atoms with Crippen molar-refractivity contribution in [1.82, 2.24) is 20.0 Å². The van der Waals surface area contributed by atoms with Crippen molar-refractivity contribution >= 4 is 5.91 Å². The molecule has 100 valence electrons. The van der Waals surface area contributed by atoms with Crippen molar-refractivity contribution in [2.75, 3.05) is 0 Å². The van der Waals surface area contributed by atoms with Crippen LogP contribution in [0.15, 0.2) is 18.3 Å². The molecule has 0 bridgehead atoms. The van der Waals surface area contributed by atoms with Gasteiger partial charge < -0.3 is 5.73 Å². The van der Waals surface area contributed by atoms with Gasteiger partial charge in [0.15, 0.2) is 5.69 Å². The zero-order valence-corrected chi connectivity index (χ0v) is 9.64. The Bertz CT molecular complexity index is 634. The van der Waals surface area contributed by atoms with Crippen molar-refractivity contribution in [2.24, 2.45) is 12.8 Å². The number of halogens is 3. The first kappa shape index (κ1) is 13.0. The smallest absolute Gasteiger partial charge is 0.364 e. The molecule has 0 aliphatic rings. The summed E-state index contributed by atoms with van der Waals surface area (Å²) in [6.45, 7) is 0. The molecule has 0 aliphatic heterocycles. The van der Waals surface area contributed by atoms with Crippen LogP contribution in [0.1, 0.15) is 16.1 Å². The van der Waals surface area contributed by atoms with Gasteiger partial charge >= 0.3 is 6.18 Å². The number of primary amides is 1. The second-order valence-electron chi connectivity index (χ2n) is 3.67. The topological polar surface area (TPSA) is 86.7 Å². The van der Waals surface area contributed by atoms with E-state index in [1.807, 2.05) is 0 Å². The highest BCUT2D eigenvalue weighted by molar-refractivity contribution is 5.96. The van der Waals surface area contributed by atoms with Crippen LogP contribution >= 0.6 is 0 Å². The minimum absolute atomic E-state index is 0.166. The van der Waals surface area contributed by atoms with Gasteiger partial charge in [-0.05, 0) is 12.1 Å². The highest BCUT2D eigenvalue weighted by atomic mass is 19.4. The van der Waals surface area contributed by atoms with Crippen LogP contribution in [0.2, 0.25) is 0 Å². The Morgan fingerprint density at radius 2 is 2.11 bits per heavy atom. The fraction of sp³-hybridized carbons (Fsp3) is 0.200. The van der Waals surface area contributed by atoms with E-state index in [1.165, 1.54) is 13.2 Å². The molecule has 2 heterocycles. The van der Waals surface area contributed by atoms with Crippen LogP contribution in [0.3, 0.4) is 0 Å². The van der Waals surface area contributed by atoms with E-state index in [4.69, 9.17) is 5.73 Å². The van der Waals surface area contributed by atoms with Gasteiger partial charge in [-0.25, -0.2) is 4.68 Å². The molecule has 0 saturated carbocycles. The largest absolute Gasteiger partial charge is 0.418 e. The average molecular weight is 271 g/mol. The summed E-state index contributed by atoms with van der Waals surface area (Å²) in [7, 11) is 1.35. The molecule has 0 saturated heterocycles. The SMILES string of the molecule is Cn1nnc(C(N)=O)c1-c1ncccc1C(F)(F)F. The lowest BCUT2D eigenvalue weighted by atomic mass is 10.1. The van der Waals surface area contributed by atoms with Gasteiger partial charge in [0.25, 0.3) is 5.91 Å². The zero-order valence-electron chi connectivity index (χ0n) is 9.64. The fourth-order valence-corrected chi connectivity index (χ4v) is 1.61. The number of carbonyl (C=O) groups excluding carboxylic acids is 1. The quantitative estimate of drug-likeness (QED) is 0.882. The molecule has 0 radical (unpaired) electrons. The van der Waals surface area contributed by atoms with Crippen LogP contribution in [-0.2, 0) is 13.2 Å². The predicted octanol–water partition coefficient (Wildman–Crippen LogP) is 0.995. The maximum atomic E-state index is 12.9. The Morgan fingerprint density at radius 1 is 1.42 bits per heavy atom. The third-order valence-corrected chi connectivity index (χ3v) is 2.40. The van der Waals surface area contributed by atoms with Crippen molar-refractivity contribution in [3.8, 4) is 11.4 Å². The molecule has 2 aromatic rings. The van der Waals surface area contributed by atoms with Gasteiger partial charge in [0.1, 0.15) is 11.4 Å². The normalized spacial score (nSPS) is 11.6. The Labute approximate surface area is 105 Å². The molecule has 9 heteroatoms. The van der Waals surface area contributed by atoms with Crippen LogP contribution in [0.25, 0.3) is 11.4 Å². The Hall–Kier alpha value is -2.45. The molecule has 0 atom stereocenters. The van der Waals surface area contributed by atoms with Gasteiger partial charge in [0.2, 0.25) is 0 Å². The van der Waals surface area contributed by atoms with Crippen LogP contribution in [0, 0.1) is 0 Å². The highest BCUT2D eigenvalue weighted by Gasteiger charge is 2.36. The number of alkyl halides is 3. The minimum Gasteiger partial charge on any atom is -0.364 e. The van der Waals surface area contributed by atoms with Gasteiger partial charge in [-0.3, -0.25) is 9.78 Å². The first-order valence-corrected chi connectivity index (χ1v) is 5.04. The number of hydrogen-bond acceptors (Lipinski definition) is 4. The molecule has 2 rings (SSSR count). The molecule has 0 aliphatic carbocycles. The summed E-state index contributed by atoms with van der Waals surface area (Å²) in [5.41, 5.74) is 3.12. The minimum atomic E-state index is -4.61. The Morgan fingerprint density at radius 3 is 2.68 bits per heavy atom. The van der Waals surface area contributed by atoms with Crippen LogP contribution in [-0.4, -0.2) is 25.9 Å². The van der Waals surface area contributed by atoms with E-state index in [1.54, 1.807) is 0 Å². The van der Waals surface area contributed by atoms with E-state index in [2.05, 4.69) is 15.3 Å². The summed E-state index contributed by atoms with van der Waals surface area (Å²) in [5.74, 6) is -0.970. The van der Waals surface area contributed by atoms with E-state index in [0.29, 0.717) is 0 Å². The molecule has 0 unspecified atom stereocenters. The lowest BCUT2D eigenvalue weighted by Gasteiger charge is -2.11. The first-order valence-electron chi connectivity index (χ1n) is 5.04. The fourth-order valence-electron chi connectivity index (χ4n) is 1.61. The molecule has 0 spiro atoms. The molecule has 2 aromatic heterocycles. The average Bonchev–Trinajstić information content (AvgIpc) is 2.70. The van der Waals surface area contributed by atoms with E-state index in [0.717, 1.165) is 16.8 Å². The molecule has 1 amide bonds. The zero-order chi connectivity index (χ0) is 14.2. The molecule has 0 aromatic carbocycles. The second-order valence-corrected chi connectivity index (χ2v) is 3.67. The van der Waals surface area contributed by atoms with Crippen molar-refractivity contribution in [3.63, 3.8) is 0 Å². The van der Waals surface area contributed by atoms with Crippen LogP contribution < -0.4 is 5.73 Å². The van der Waals surface area contributed by atoms with Crippen molar-refractivity contribution in [2.45, 2.75) is 6.18 Å². The number of aromatic nitrogens is 4. The monoisotopic (exact) mass is 271 g/mol. The lowest BCUT2D eigenvalue weighted by Crippen LogP contribution is -2.15. The van der Waals surface area contributed by atoms with Gasteiger partial charge in [-0.1, -0.05) is 5.21 Å². The molecular weight excluding hydrogens is 263 g/mol. The summed E-state index contributed by atoms with van der Waals surface area (Å²) >= 11 is 0. The number of nitrogens with zero attached hydrogens (tertiary/aromatic N) is 4. The Balaban J connectivity index is 2.73. The predicted molar refractivity (Wildman–Crippen MR) is 57.8 cm³/mol. The standard InChI is InChI=1S/C10H8F3N5O/c1-18-8(7(9(14)19)16-17-18)6-5(10(11,12)13)3-2-4-15-6/h2-4H,1H3,(H2,14,19). The van der Waals surface area contributed by atoms with E-state index in [9.17, 15) is 18.0 Å².